The van der Waals surface area contributed by atoms with E-state index in [4.69, 9.17) is 20.6 Å². The number of terminal acetylenes is 1. The molecule has 0 saturated carbocycles. The highest BCUT2D eigenvalue weighted by atomic mass is 16.5. The van der Waals surface area contributed by atoms with E-state index in [1.807, 2.05) is 18.2 Å². The van der Waals surface area contributed by atoms with Gasteiger partial charge >= 0.3 is 0 Å². The molecule has 4 rings (SSSR count). The quantitative estimate of drug-likeness (QED) is 0.608. The highest BCUT2D eigenvalue weighted by Crippen LogP contribution is 2.49. The third kappa shape index (κ3) is 3.93. The molecule has 2 aliphatic carbocycles. The molecule has 6 nitrogen and oxygen atoms in total. The fourth-order valence-electron chi connectivity index (χ4n) is 5.10. The first kappa shape index (κ1) is 22.2. The fourth-order valence-corrected chi connectivity index (χ4v) is 5.10. The number of Topliss-reactive ketones (excluding diaryl/α,β-unsaturated/α-hetero) is 2. The molecule has 0 N–H and O–H groups in total. The average molecular weight is 436 g/mol. The lowest BCUT2D eigenvalue weighted by molar-refractivity contribution is -0.117. The second kappa shape index (κ2) is 9.62. The molecule has 0 amide bonds. The van der Waals surface area contributed by atoms with E-state index in [1.165, 1.54) is 0 Å². The Morgan fingerprint density at radius 2 is 1.66 bits per heavy atom. The van der Waals surface area contributed by atoms with E-state index in [0.717, 1.165) is 53.8 Å². The summed E-state index contributed by atoms with van der Waals surface area (Å²) in [5, 5.41) is 0. The summed E-state index contributed by atoms with van der Waals surface area (Å²) in [6.45, 7) is 1.31. The molecule has 1 aromatic carbocycles. The van der Waals surface area contributed by atoms with E-state index in [2.05, 4.69) is 10.8 Å². The molecule has 0 radical (unpaired) electrons. The molecule has 0 aromatic heterocycles. The molecule has 6 heteroatoms. The Balaban J connectivity index is 1.87. The Morgan fingerprint density at radius 1 is 1.00 bits per heavy atom. The summed E-state index contributed by atoms with van der Waals surface area (Å²) >= 11 is 0. The molecule has 0 atom stereocenters. The van der Waals surface area contributed by atoms with Crippen LogP contribution in [0.4, 0.5) is 0 Å². The SMILES string of the molecule is C#CCOc1ccc(C2C3=C(CCCC3=O)N(CCOC)C3=C2C(=O)CCC3)cc1OC. The fraction of sp³-hybridized carbons (Fsp3) is 0.462. The third-order valence-electron chi connectivity index (χ3n) is 6.44. The van der Waals surface area contributed by atoms with Crippen molar-refractivity contribution in [3.8, 4) is 23.8 Å². The van der Waals surface area contributed by atoms with E-state index in [0.29, 0.717) is 37.5 Å². The molecular weight excluding hydrogens is 406 g/mol. The van der Waals surface area contributed by atoms with Crippen LogP contribution in [0, 0.1) is 12.3 Å². The van der Waals surface area contributed by atoms with Crippen molar-refractivity contribution in [3.63, 3.8) is 0 Å². The summed E-state index contributed by atoms with van der Waals surface area (Å²) < 4.78 is 16.5. The molecule has 1 heterocycles. The van der Waals surface area contributed by atoms with Gasteiger partial charge in [0.1, 0.15) is 6.61 Å². The Hall–Kier alpha value is -3.04. The highest BCUT2D eigenvalue weighted by Gasteiger charge is 2.43. The molecule has 32 heavy (non-hydrogen) atoms. The maximum Gasteiger partial charge on any atom is 0.162 e. The number of hydrogen-bond acceptors (Lipinski definition) is 6. The van der Waals surface area contributed by atoms with Crippen LogP contribution in [-0.4, -0.2) is 50.4 Å². The number of carbonyl (C=O) groups excluding carboxylic acids is 2. The monoisotopic (exact) mass is 435 g/mol. The molecule has 1 aliphatic heterocycles. The van der Waals surface area contributed by atoms with Crippen LogP contribution in [0.5, 0.6) is 11.5 Å². The number of ketones is 2. The number of nitrogens with zero attached hydrogens (tertiary/aromatic N) is 1. The molecule has 1 aromatic rings. The van der Waals surface area contributed by atoms with Gasteiger partial charge in [0.05, 0.1) is 13.7 Å². The molecule has 0 fully saturated rings. The van der Waals surface area contributed by atoms with Crippen LogP contribution < -0.4 is 9.47 Å². The third-order valence-corrected chi connectivity index (χ3v) is 6.44. The lowest BCUT2D eigenvalue weighted by Gasteiger charge is -2.44. The molecule has 0 saturated heterocycles. The normalized spacial score (nSPS) is 19.0. The van der Waals surface area contributed by atoms with Gasteiger partial charge in [0.25, 0.3) is 0 Å². The van der Waals surface area contributed by atoms with Crippen LogP contribution >= 0.6 is 0 Å². The van der Waals surface area contributed by atoms with Gasteiger partial charge in [-0.1, -0.05) is 12.0 Å². The number of hydrogen-bond donors (Lipinski definition) is 0. The molecule has 0 bridgehead atoms. The van der Waals surface area contributed by atoms with Crippen LogP contribution in [0.15, 0.2) is 40.7 Å². The minimum absolute atomic E-state index is 0.121. The Kier molecular flexibility index (Phi) is 6.66. The van der Waals surface area contributed by atoms with Crippen LogP contribution in [0.3, 0.4) is 0 Å². The van der Waals surface area contributed by atoms with Gasteiger partial charge in [0.15, 0.2) is 23.1 Å². The maximum absolute atomic E-state index is 13.2. The zero-order valence-electron chi connectivity index (χ0n) is 18.7. The lowest BCUT2D eigenvalue weighted by atomic mass is 9.71. The topological polar surface area (TPSA) is 65.1 Å². The van der Waals surface area contributed by atoms with Gasteiger partial charge in [-0.15, -0.1) is 6.42 Å². The van der Waals surface area contributed by atoms with Crippen LogP contribution in [0.25, 0.3) is 0 Å². The first-order valence-corrected chi connectivity index (χ1v) is 11.1. The van der Waals surface area contributed by atoms with Crippen molar-refractivity contribution in [1.82, 2.24) is 4.90 Å². The standard InChI is InChI=1S/C26H29NO5/c1-4-14-32-22-12-11-17(16-23(22)31-3)24-25-18(7-5-9-20(25)28)27(13-15-30-2)19-8-6-10-21(29)26(19)24/h1,11-12,16,24H,5-10,13-15H2,2-3H3. The maximum atomic E-state index is 13.2. The zero-order chi connectivity index (χ0) is 22.7. The Bertz CT molecular complexity index is 985. The summed E-state index contributed by atoms with van der Waals surface area (Å²) in [5.74, 6) is 3.40. The smallest absolute Gasteiger partial charge is 0.162 e. The van der Waals surface area contributed by atoms with Gasteiger partial charge in [0, 0.05) is 55.0 Å². The van der Waals surface area contributed by atoms with Gasteiger partial charge < -0.3 is 19.1 Å². The summed E-state index contributed by atoms with van der Waals surface area (Å²) in [6.07, 6.45) is 9.64. The minimum atomic E-state index is -0.380. The second-order valence-electron chi connectivity index (χ2n) is 8.25. The molecule has 0 unspecified atom stereocenters. The predicted octanol–water partition coefficient (Wildman–Crippen LogP) is 3.77. The minimum Gasteiger partial charge on any atom is -0.493 e. The highest BCUT2D eigenvalue weighted by molar-refractivity contribution is 6.06. The number of rotatable bonds is 7. The van der Waals surface area contributed by atoms with Crippen LogP contribution in [-0.2, 0) is 14.3 Å². The van der Waals surface area contributed by atoms with E-state index in [9.17, 15) is 9.59 Å². The lowest BCUT2D eigenvalue weighted by Crippen LogP contribution is -2.40. The summed E-state index contributed by atoms with van der Waals surface area (Å²) in [7, 11) is 3.24. The van der Waals surface area contributed by atoms with Crippen molar-refractivity contribution in [1.29, 1.82) is 0 Å². The molecule has 3 aliphatic rings. The Morgan fingerprint density at radius 3 is 2.22 bits per heavy atom. The summed E-state index contributed by atoms with van der Waals surface area (Å²) in [4.78, 5) is 28.7. The van der Waals surface area contributed by atoms with Crippen molar-refractivity contribution < 1.29 is 23.8 Å². The molecular formula is C26H29NO5. The number of carbonyl (C=O) groups is 2. The first-order valence-electron chi connectivity index (χ1n) is 11.1. The van der Waals surface area contributed by atoms with Gasteiger partial charge in [-0.05, 0) is 43.4 Å². The van der Waals surface area contributed by atoms with Crippen molar-refractivity contribution in [2.45, 2.75) is 44.4 Å². The van der Waals surface area contributed by atoms with Gasteiger partial charge in [-0.25, -0.2) is 0 Å². The van der Waals surface area contributed by atoms with Crippen molar-refractivity contribution in [2.75, 3.05) is 34.0 Å². The van der Waals surface area contributed by atoms with Crippen LogP contribution in [0.2, 0.25) is 0 Å². The predicted molar refractivity (Wildman–Crippen MR) is 120 cm³/mol. The molecule has 168 valence electrons. The first-order chi connectivity index (χ1) is 15.6. The van der Waals surface area contributed by atoms with Gasteiger partial charge in [-0.3, -0.25) is 9.59 Å². The van der Waals surface area contributed by atoms with E-state index < -0.39 is 0 Å². The largest absolute Gasteiger partial charge is 0.493 e. The van der Waals surface area contributed by atoms with Crippen molar-refractivity contribution in [2.24, 2.45) is 0 Å². The van der Waals surface area contributed by atoms with E-state index in [-0.39, 0.29) is 24.1 Å². The second-order valence-corrected chi connectivity index (χ2v) is 8.25. The van der Waals surface area contributed by atoms with E-state index in [1.54, 1.807) is 14.2 Å². The van der Waals surface area contributed by atoms with E-state index >= 15 is 0 Å². The number of benzene rings is 1. The summed E-state index contributed by atoms with van der Waals surface area (Å²) in [6, 6.07) is 5.60. The summed E-state index contributed by atoms with van der Waals surface area (Å²) in [5.41, 5.74) is 4.46. The van der Waals surface area contributed by atoms with Crippen molar-refractivity contribution in [3.05, 3.63) is 46.3 Å². The number of ether oxygens (including phenoxy) is 3. The van der Waals surface area contributed by atoms with Crippen LogP contribution in [0.1, 0.15) is 50.0 Å². The van der Waals surface area contributed by atoms with Gasteiger partial charge in [0.2, 0.25) is 0 Å². The number of allylic oxidation sites excluding steroid dienone is 4. The van der Waals surface area contributed by atoms with Crippen molar-refractivity contribution >= 4 is 11.6 Å². The number of methoxy groups -OCH3 is 2. The average Bonchev–Trinajstić information content (AvgIpc) is 2.81. The zero-order valence-corrected chi connectivity index (χ0v) is 18.7. The molecule has 0 spiro atoms. The Labute approximate surface area is 189 Å². The van der Waals surface area contributed by atoms with Gasteiger partial charge in [-0.2, -0.15) is 0 Å².